The summed E-state index contributed by atoms with van der Waals surface area (Å²) >= 11 is 0. The summed E-state index contributed by atoms with van der Waals surface area (Å²) in [7, 11) is 0. The van der Waals surface area contributed by atoms with Crippen molar-refractivity contribution in [2.75, 3.05) is 0 Å². The Kier molecular flexibility index (Phi) is 1.58. The molecule has 2 nitrogen and oxygen atoms in total. The molecule has 0 amide bonds. The van der Waals surface area contributed by atoms with Gasteiger partial charge in [0.15, 0.2) is 0 Å². The molecule has 2 fully saturated rings. The Morgan fingerprint density at radius 1 is 1.00 bits per heavy atom. The molecule has 0 atom stereocenters. The van der Waals surface area contributed by atoms with Crippen LogP contribution in [0.4, 0.5) is 0 Å². The van der Waals surface area contributed by atoms with Gasteiger partial charge in [-0.1, -0.05) is 12.1 Å². The van der Waals surface area contributed by atoms with Gasteiger partial charge in [0, 0.05) is 5.56 Å². The van der Waals surface area contributed by atoms with E-state index in [1.165, 1.54) is 42.4 Å². The standard InChI is InChI=1S/C14H14O2/c15-14-13-11(9-3-4-9)6-5-10(8-1-2-8)12(13)7-16-14/h5-6,8-9H,1-4,7H2. The molecule has 2 heteroatoms. The summed E-state index contributed by atoms with van der Waals surface area (Å²) in [5, 5.41) is 0. The van der Waals surface area contributed by atoms with Crippen molar-refractivity contribution in [2.45, 2.75) is 44.1 Å². The van der Waals surface area contributed by atoms with Crippen molar-refractivity contribution in [2.24, 2.45) is 0 Å². The molecule has 0 bridgehead atoms. The smallest absolute Gasteiger partial charge is 0.339 e. The minimum atomic E-state index is -0.0839. The Morgan fingerprint density at radius 3 is 2.31 bits per heavy atom. The van der Waals surface area contributed by atoms with Crippen LogP contribution in [-0.4, -0.2) is 5.97 Å². The zero-order chi connectivity index (χ0) is 10.7. The molecule has 16 heavy (non-hydrogen) atoms. The molecular weight excluding hydrogens is 200 g/mol. The van der Waals surface area contributed by atoms with E-state index >= 15 is 0 Å². The second-order valence-electron chi connectivity index (χ2n) is 5.22. The van der Waals surface area contributed by atoms with E-state index in [-0.39, 0.29) is 5.97 Å². The molecule has 1 aliphatic heterocycles. The molecule has 82 valence electrons. The van der Waals surface area contributed by atoms with Crippen LogP contribution in [-0.2, 0) is 11.3 Å². The lowest BCUT2D eigenvalue weighted by Crippen LogP contribution is -2.01. The maximum atomic E-state index is 11.8. The van der Waals surface area contributed by atoms with Crippen LogP contribution in [0.3, 0.4) is 0 Å². The first-order chi connectivity index (χ1) is 7.84. The van der Waals surface area contributed by atoms with Crippen LogP contribution in [0.5, 0.6) is 0 Å². The summed E-state index contributed by atoms with van der Waals surface area (Å²) in [5.74, 6) is 1.25. The Hall–Kier alpha value is -1.31. The second kappa shape index (κ2) is 2.88. The molecule has 1 aromatic rings. The van der Waals surface area contributed by atoms with E-state index < -0.39 is 0 Å². The zero-order valence-corrected chi connectivity index (χ0v) is 9.16. The summed E-state index contributed by atoms with van der Waals surface area (Å²) in [5.41, 5.74) is 4.76. The van der Waals surface area contributed by atoms with Crippen molar-refractivity contribution >= 4 is 5.97 Å². The van der Waals surface area contributed by atoms with Gasteiger partial charge in [0.25, 0.3) is 0 Å². The van der Waals surface area contributed by atoms with Gasteiger partial charge >= 0.3 is 5.97 Å². The quantitative estimate of drug-likeness (QED) is 0.707. The van der Waals surface area contributed by atoms with Gasteiger partial charge in [-0.3, -0.25) is 0 Å². The number of benzene rings is 1. The van der Waals surface area contributed by atoms with Gasteiger partial charge in [-0.25, -0.2) is 4.79 Å². The van der Waals surface area contributed by atoms with Crippen molar-refractivity contribution in [3.8, 4) is 0 Å². The van der Waals surface area contributed by atoms with E-state index in [0.29, 0.717) is 18.4 Å². The number of cyclic esters (lactones) is 1. The van der Waals surface area contributed by atoms with Crippen LogP contribution >= 0.6 is 0 Å². The van der Waals surface area contributed by atoms with E-state index in [4.69, 9.17) is 4.74 Å². The fraction of sp³-hybridized carbons (Fsp3) is 0.500. The number of esters is 1. The van der Waals surface area contributed by atoms with Crippen LogP contribution in [0.1, 0.15) is 64.6 Å². The third kappa shape index (κ3) is 1.16. The van der Waals surface area contributed by atoms with Gasteiger partial charge in [0.1, 0.15) is 6.61 Å². The molecule has 0 unspecified atom stereocenters. The monoisotopic (exact) mass is 214 g/mol. The highest BCUT2D eigenvalue weighted by Crippen LogP contribution is 2.48. The maximum Gasteiger partial charge on any atom is 0.339 e. The van der Waals surface area contributed by atoms with Gasteiger partial charge in [0.2, 0.25) is 0 Å². The molecule has 4 rings (SSSR count). The fourth-order valence-electron chi connectivity index (χ4n) is 2.80. The third-order valence-corrected chi connectivity index (χ3v) is 3.97. The molecule has 2 saturated carbocycles. The minimum absolute atomic E-state index is 0.0839. The number of hydrogen-bond acceptors (Lipinski definition) is 2. The molecule has 1 heterocycles. The van der Waals surface area contributed by atoms with E-state index in [1.807, 2.05) is 0 Å². The van der Waals surface area contributed by atoms with Gasteiger partial charge in [-0.2, -0.15) is 0 Å². The Labute approximate surface area is 94.6 Å². The van der Waals surface area contributed by atoms with Gasteiger partial charge in [-0.05, 0) is 48.6 Å². The lowest BCUT2D eigenvalue weighted by atomic mass is 9.93. The number of rotatable bonds is 2. The largest absolute Gasteiger partial charge is 0.457 e. The predicted octanol–water partition coefficient (Wildman–Crippen LogP) is 3.11. The van der Waals surface area contributed by atoms with Crippen LogP contribution in [0, 0.1) is 0 Å². The molecule has 1 aromatic carbocycles. The normalized spacial score (nSPS) is 23.1. The highest BCUT2D eigenvalue weighted by Gasteiger charge is 2.37. The predicted molar refractivity (Wildman–Crippen MR) is 59.5 cm³/mol. The minimum Gasteiger partial charge on any atom is -0.457 e. The highest BCUT2D eigenvalue weighted by atomic mass is 16.5. The molecule has 0 spiro atoms. The molecule has 0 saturated heterocycles. The SMILES string of the molecule is O=C1OCc2c(C3CC3)ccc(C3CC3)c21. The molecule has 2 aliphatic carbocycles. The molecule has 0 aromatic heterocycles. The number of carbonyl (C=O) groups is 1. The topological polar surface area (TPSA) is 26.3 Å². The second-order valence-corrected chi connectivity index (χ2v) is 5.22. The fourth-order valence-corrected chi connectivity index (χ4v) is 2.80. The van der Waals surface area contributed by atoms with Crippen LogP contribution in [0.15, 0.2) is 12.1 Å². The highest BCUT2D eigenvalue weighted by molar-refractivity contribution is 5.96. The summed E-state index contributed by atoms with van der Waals surface area (Å²) in [6, 6.07) is 4.42. The summed E-state index contributed by atoms with van der Waals surface area (Å²) in [4.78, 5) is 11.8. The van der Waals surface area contributed by atoms with E-state index in [0.717, 1.165) is 5.56 Å². The third-order valence-electron chi connectivity index (χ3n) is 3.97. The average Bonchev–Trinajstić information content (AvgIpc) is 3.16. The maximum absolute atomic E-state index is 11.8. The van der Waals surface area contributed by atoms with Crippen molar-refractivity contribution in [1.82, 2.24) is 0 Å². The van der Waals surface area contributed by atoms with E-state index in [2.05, 4.69) is 12.1 Å². The zero-order valence-electron chi connectivity index (χ0n) is 9.16. The Balaban J connectivity index is 1.91. The first-order valence-corrected chi connectivity index (χ1v) is 6.17. The number of ether oxygens (including phenoxy) is 1. The number of carbonyl (C=O) groups excluding carboxylic acids is 1. The summed E-state index contributed by atoms with van der Waals surface area (Å²) < 4.78 is 5.22. The first-order valence-electron chi connectivity index (χ1n) is 6.17. The van der Waals surface area contributed by atoms with Crippen LogP contribution in [0.25, 0.3) is 0 Å². The van der Waals surface area contributed by atoms with Gasteiger partial charge in [0.05, 0.1) is 5.56 Å². The van der Waals surface area contributed by atoms with Crippen molar-refractivity contribution in [3.63, 3.8) is 0 Å². The summed E-state index contributed by atoms with van der Waals surface area (Å²) in [6.07, 6.45) is 5.04. The van der Waals surface area contributed by atoms with E-state index in [1.54, 1.807) is 0 Å². The van der Waals surface area contributed by atoms with Crippen LogP contribution < -0.4 is 0 Å². The van der Waals surface area contributed by atoms with Gasteiger partial charge < -0.3 is 4.74 Å². The Bertz CT molecular complexity index is 482. The average molecular weight is 214 g/mol. The molecule has 3 aliphatic rings. The molecular formula is C14H14O2. The Morgan fingerprint density at radius 2 is 1.62 bits per heavy atom. The van der Waals surface area contributed by atoms with Crippen molar-refractivity contribution < 1.29 is 9.53 Å². The van der Waals surface area contributed by atoms with Crippen molar-refractivity contribution in [1.29, 1.82) is 0 Å². The molecule has 0 N–H and O–H groups in total. The number of hydrogen-bond donors (Lipinski definition) is 0. The van der Waals surface area contributed by atoms with Crippen LogP contribution in [0.2, 0.25) is 0 Å². The van der Waals surface area contributed by atoms with Crippen molar-refractivity contribution in [3.05, 3.63) is 34.4 Å². The molecule has 0 radical (unpaired) electrons. The first kappa shape index (κ1) is 8.80. The number of fused-ring (bicyclic) bond motifs is 1. The summed E-state index contributed by atoms with van der Waals surface area (Å²) in [6.45, 7) is 0.514. The van der Waals surface area contributed by atoms with Gasteiger partial charge in [-0.15, -0.1) is 0 Å². The van der Waals surface area contributed by atoms with E-state index in [9.17, 15) is 4.79 Å². The lowest BCUT2D eigenvalue weighted by molar-refractivity contribution is 0.0534. The lowest BCUT2D eigenvalue weighted by Gasteiger charge is -2.08.